The van der Waals surface area contributed by atoms with E-state index in [0.717, 1.165) is 0 Å². The molecular formula is C16H10N4O3S. The van der Waals surface area contributed by atoms with Crippen molar-refractivity contribution in [2.24, 2.45) is 0 Å². The summed E-state index contributed by atoms with van der Waals surface area (Å²) < 4.78 is 2.02. The predicted octanol–water partition coefficient (Wildman–Crippen LogP) is 2.28. The minimum absolute atomic E-state index is 0.175. The van der Waals surface area contributed by atoms with Crippen LogP contribution in [0.5, 0.6) is 0 Å². The summed E-state index contributed by atoms with van der Waals surface area (Å²) >= 11 is 1.23. The summed E-state index contributed by atoms with van der Waals surface area (Å²) in [5.74, 6) is -1.01. The van der Waals surface area contributed by atoms with Gasteiger partial charge in [-0.1, -0.05) is 11.3 Å². The molecule has 7 nitrogen and oxygen atoms in total. The van der Waals surface area contributed by atoms with E-state index in [4.69, 9.17) is 10.8 Å². The lowest BCUT2D eigenvalue weighted by molar-refractivity contribution is 0.0697. The van der Waals surface area contributed by atoms with Crippen molar-refractivity contribution in [3.05, 3.63) is 58.6 Å². The molecule has 0 amide bonds. The summed E-state index contributed by atoms with van der Waals surface area (Å²) in [6.07, 6.45) is 1.41. The van der Waals surface area contributed by atoms with Gasteiger partial charge in [0.25, 0.3) is 5.56 Å². The average molecular weight is 338 g/mol. The van der Waals surface area contributed by atoms with Crippen molar-refractivity contribution in [3.63, 3.8) is 0 Å². The number of benzene rings is 2. The van der Waals surface area contributed by atoms with Gasteiger partial charge in [0.1, 0.15) is 6.33 Å². The van der Waals surface area contributed by atoms with Crippen LogP contribution in [0.1, 0.15) is 10.4 Å². The van der Waals surface area contributed by atoms with Gasteiger partial charge in [0.15, 0.2) is 5.13 Å². The van der Waals surface area contributed by atoms with Crippen LogP contribution in [0.25, 0.3) is 26.3 Å². The molecule has 4 aromatic rings. The fourth-order valence-corrected chi connectivity index (χ4v) is 3.40. The first-order chi connectivity index (χ1) is 11.5. The third-order valence-electron chi connectivity index (χ3n) is 3.61. The van der Waals surface area contributed by atoms with Crippen LogP contribution >= 0.6 is 11.3 Å². The molecule has 2 aromatic heterocycles. The van der Waals surface area contributed by atoms with Crippen molar-refractivity contribution < 1.29 is 9.90 Å². The lowest BCUT2D eigenvalue weighted by atomic mass is 10.2. The summed E-state index contributed by atoms with van der Waals surface area (Å²) in [6, 6.07) is 9.60. The van der Waals surface area contributed by atoms with Gasteiger partial charge in [-0.3, -0.25) is 4.79 Å². The maximum Gasteiger partial charge on any atom is 0.335 e. The summed E-state index contributed by atoms with van der Waals surface area (Å²) in [4.78, 5) is 32.4. The molecule has 0 radical (unpaired) electrons. The van der Waals surface area contributed by atoms with Crippen LogP contribution in [0.3, 0.4) is 0 Å². The molecule has 0 unspecified atom stereocenters. The second kappa shape index (κ2) is 5.14. The van der Waals surface area contributed by atoms with E-state index in [9.17, 15) is 9.59 Å². The second-order valence-electron chi connectivity index (χ2n) is 5.18. The second-order valence-corrected chi connectivity index (χ2v) is 6.19. The number of nitrogen functional groups attached to an aromatic ring is 1. The van der Waals surface area contributed by atoms with E-state index in [2.05, 4.69) is 9.97 Å². The van der Waals surface area contributed by atoms with Gasteiger partial charge in [-0.2, -0.15) is 0 Å². The summed E-state index contributed by atoms with van der Waals surface area (Å²) in [5.41, 5.74) is 7.31. The van der Waals surface area contributed by atoms with Gasteiger partial charge in [-0.25, -0.2) is 19.3 Å². The van der Waals surface area contributed by atoms with Gasteiger partial charge in [0.05, 0.1) is 26.7 Å². The van der Waals surface area contributed by atoms with E-state index in [0.29, 0.717) is 31.9 Å². The molecule has 3 N–H and O–H groups in total. The van der Waals surface area contributed by atoms with Gasteiger partial charge < -0.3 is 10.8 Å². The van der Waals surface area contributed by atoms with Crippen molar-refractivity contribution in [2.75, 3.05) is 5.73 Å². The molecule has 24 heavy (non-hydrogen) atoms. The Balaban J connectivity index is 1.94. The summed E-state index contributed by atoms with van der Waals surface area (Å²) in [6.45, 7) is 0. The smallest absolute Gasteiger partial charge is 0.335 e. The van der Waals surface area contributed by atoms with Gasteiger partial charge in [-0.15, -0.1) is 0 Å². The van der Waals surface area contributed by atoms with E-state index in [1.807, 2.05) is 0 Å². The maximum absolute atomic E-state index is 12.7. The van der Waals surface area contributed by atoms with Gasteiger partial charge >= 0.3 is 5.97 Å². The van der Waals surface area contributed by atoms with E-state index in [-0.39, 0.29) is 11.1 Å². The minimum Gasteiger partial charge on any atom is -0.478 e. The molecule has 118 valence electrons. The highest BCUT2D eigenvalue weighted by Crippen LogP contribution is 2.25. The molecule has 0 aliphatic carbocycles. The molecule has 4 rings (SSSR count). The number of hydrogen-bond acceptors (Lipinski definition) is 6. The Morgan fingerprint density at radius 1 is 1.17 bits per heavy atom. The summed E-state index contributed by atoms with van der Waals surface area (Å²) in [5, 5.41) is 9.89. The van der Waals surface area contributed by atoms with Crippen LogP contribution in [-0.4, -0.2) is 25.6 Å². The van der Waals surface area contributed by atoms with Crippen molar-refractivity contribution in [1.82, 2.24) is 14.5 Å². The zero-order valence-corrected chi connectivity index (χ0v) is 12.9. The predicted molar refractivity (Wildman–Crippen MR) is 91.9 cm³/mol. The lowest BCUT2D eigenvalue weighted by Gasteiger charge is -2.03. The first kappa shape index (κ1) is 14.3. The third kappa shape index (κ3) is 2.20. The van der Waals surface area contributed by atoms with Gasteiger partial charge in [0.2, 0.25) is 0 Å². The van der Waals surface area contributed by atoms with E-state index in [1.54, 1.807) is 24.3 Å². The number of anilines is 1. The highest BCUT2D eigenvalue weighted by atomic mass is 32.1. The normalized spacial score (nSPS) is 11.2. The number of carboxylic acid groups (broad SMARTS) is 1. The molecule has 0 spiro atoms. The van der Waals surface area contributed by atoms with E-state index >= 15 is 0 Å². The Labute approximate surface area is 138 Å². The monoisotopic (exact) mass is 338 g/mol. The largest absolute Gasteiger partial charge is 0.478 e. The van der Waals surface area contributed by atoms with Crippen molar-refractivity contribution >= 4 is 44.1 Å². The average Bonchev–Trinajstić information content (AvgIpc) is 2.98. The molecule has 0 aliphatic rings. The maximum atomic E-state index is 12.7. The Morgan fingerprint density at radius 2 is 1.96 bits per heavy atom. The Bertz CT molecular complexity index is 1180. The summed E-state index contributed by atoms with van der Waals surface area (Å²) in [7, 11) is 0. The molecule has 0 bridgehead atoms. The Hall–Kier alpha value is -3.26. The number of carbonyl (C=O) groups is 1. The molecule has 0 saturated carbocycles. The fraction of sp³-hybridized carbons (Fsp3) is 0. The molecule has 2 heterocycles. The molecular weight excluding hydrogens is 328 g/mol. The third-order valence-corrected chi connectivity index (χ3v) is 4.63. The number of thiazole rings is 1. The molecule has 2 aromatic carbocycles. The number of rotatable bonds is 2. The topological polar surface area (TPSA) is 111 Å². The highest BCUT2D eigenvalue weighted by Gasteiger charge is 2.12. The number of aromatic carboxylic acids is 1. The van der Waals surface area contributed by atoms with Crippen molar-refractivity contribution in [1.29, 1.82) is 0 Å². The minimum atomic E-state index is -1.01. The molecule has 0 atom stereocenters. The lowest BCUT2D eigenvalue weighted by Crippen LogP contribution is -2.18. The van der Waals surface area contributed by atoms with Crippen LogP contribution < -0.4 is 11.3 Å². The van der Waals surface area contributed by atoms with Crippen molar-refractivity contribution in [3.8, 4) is 5.13 Å². The number of nitrogens with two attached hydrogens (primary N) is 1. The standard InChI is InChI=1S/C16H10N4O3S/c17-9-2-4-11-10(6-9)14(21)20(7-18-11)16-19-12-3-1-8(15(22)23)5-13(12)24-16/h1-7H,17H2,(H,22,23). The Morgan fingerprint density at radius 3 is 2.75 bits per heavy atom. The van der Waals surface area contributed by atoms with Crippen LogP contribution in [0.4, 0.5) is 5.69 Å². The number of nitrogens with zero attached hydrogens (tertiary/aromatic N) is 3. The number of hydrogen-bond donors (Lipinski definition) is 2. The Kier molecular flexibility index (Phi) is 3.07. The number of carboxylic acids is 1. The van der Waals surface area contributed by atoms with Crippen LogP contribution in [-0.2, 0) is 0 Å². The van der Waals surface area contributed by atoms with Gasteiger partial charge in [0, 0.05) is 5.69 Å². The van der Waals surface area contributed by atoms with E-state index in [1.165, 1.54) is 34.4 Å². The molecule has 0 fully saturated rings. The van der Waals surface area contributed by atoms with Crippen molar-refractivity contribution in [2.45, 2.75) is 0 Å². The molecule has 0 aliphatic heterocycles. The first-order valence-corrected chi connectivity index (χ1v) is 7.76. The van der Waals surface area contributed by atoms with Gasteiger partial charge in [-0.05, 0) is 36.4 Å². The van der Waals surface area contributed by atoms with Crippen LogP contribution in [0.2, 0.25) is 0 Å². The highest BCUT2D eigenvalue weighted by molar-refractivity contribution is 7.20. The first-order valence-electron chi connectivity index (χ1n) is 6.94. The number of fused-ring (bicyclic) bond motifs is 2. The fourth-order valence-electron chi connectivity index (χ4n) is 2.42. The van der Waals surface area contributed by atoms with E-state index < -0.39 is 5.97 Å². The molecule has 0 saturated heterocycles. The quantitative estimate of drug-likeness (QED) is 0.542. The zero-order valence-electron chi connectivity index (χ0n) is 12.1. The molecule has 8 heteroatoms. The zero-order chi connectivity index (χ0) is 16.8. The number of aromatic nitrogens is 3. The van der Waals surface area contributed by atoms with Crippen LogP contribution in [0.15, 0.2) is 47.5 Å². The SMILES string of the molecule is Nc1ccc2ncn(-c3nc4ccc(C(=O)O)cc4s3)c(=O)c2c1. The van der Waals surface area contributed by atoms with Crippen LogP contribution in [0, 0.1) is 0 Å².